The smallest absolute Gasteiger partial charge is 0.331 e. The van der Waals surface area contributed by atoms with Gasteiger partial charge in [0.25, 0.3) is 0 Å². The summed E-state index contributed by atoms with van der Waals surface area (Å²) in [7, 11) is 0. The molecule has 2 N–H and O–H groups in total. The van der Waals surface area contributed by atoms with E-state index in [0.29, 0.717) is 0 Å². The van der Waals surface area contributed by atoms with Gasteiger partial charge in [0.1, 0.15) is 0 Å². The lowest BCUT2D eigenvalue weighted by Gasteiger charge is -1.90. The van der Waals surface area contributed by atoms with Crippen LogP contribution < -0.4 is 0 Å². The first-order valence-electron chi connectivity index (χ1n) is 3.77. The van der Waals surface area contributed by atoms with Crippen LogP contribution in [0, 0.1) is 0 Å². The molecule has 0 heterocycles. The summed E-state index contributed by atoms with van der Waals surface area (Å²) in [6, 6.07) is 0. The average molecular weight is 198 g/mol. The van der Waals surface area contributed by atoms with Gasteiger partial charge >= 0.3 is 11.9 Å². The summed E-state index contributed by atoms with van der Waals surface area (Å²) in [5.41, 5.74) is 0.214. The third kappa shape index (κ3) is 6.84. The first-order chi connectivity index (χ1) is 6.45. The van der Waals surface area contributed by atoms with Crippen LogP contribution in [0.25, 0.3) is 0 Å². The topological polar surface area (TPSA) is 74.6 Å². The standard InChI is InChI=1S/C8H10O4.C2H4/c1-5(7(9)10)3-4-6(2)8(11)12;1-2/h3-4H,1-2H3,(H,9,10)(H,11,12);1-2H2/b5-3-,6-4+;. The van der Waals surface area contributed by atoms with Crippen molar-refractivity contribution in [3.05, 3.63) is 36.5 Å². The van der Waals surface area contributed by atoms with E-state index in [2.05, 4.69) is 13.2 Å². The molecular weight excluding hydrogens is 184 g/mol. The molecule has 0 aliphatic carbocycles. The van der Waals surface area contributed by atoms with Crippen LogP contribution in [0.15, 0.2) is 36.5 Å². The fourth-order valence-corrected chi connectivity index (χ4v) is 0.393. The maximum Gasteiger partial charge on any atom is 0.331 e. The van der Waals surface area contributed by atoms with E-state index in [1.807, 2.05) is 0 Å². The van der Waals surface area contributed by atoms with Crippen molar-refractivity contribution in [1.29, 1.82) is 0 Å². The molecule has 0 rings (SSSR count). The largest absolute Gasteiger partial charge is 0.478 e. The Balaban J connectivity index is 0. The van der Waals surface area contributed by atoms with Gasteiger partial charge in [0.15, 0.2) is 0 Å². The quantitative estimate of drug-likeness (QED) is 0.412. The van der Waals surface area contributed by atoms with Crippen molar-refractivity contribution in [2.24, 2.45) is 0 Å². The minimum Gasteiger partial charge on any atom is -0.478 e. The van der Waals surface area contributed by atoms with Crippen LogP contribution in [0.2, 0.25) is 0 Å². The lowest BCUT2D eigenvalue weighted by molar-refractivity contribution is -0.133. The van der Waals surface area contributed by atoms with Crippen LogP contribution in [0.4, 0.5) is 0 Å². The zero-order valence-corrected chi connectivity index (χ0v) is 8.28. The highest BCUT2D eigenvalue weighted by Crippen LogP contribution is 1.97. The van der Waals surface area contributed by atoms with Gasteiger partial charge in [0.05, 0.1) is 0 Å². The van der Waals surface area contributed by atoms with Gasteiger partial charge in [-0.3, -0.25) is 0 Å². The Bertz CT molecular complexity index is 246. The average Bonchev–Trinajstić information content (AvgIpc) is 2.16. The lowest BCUT2D eigenvalue weighted by Crippen LogP contribution is -1.97. The van der Waals surface area contributed by atoms with Gasteiger partial charge in [-0.1, -0.05) is 12.2 Å². The molecule has 4 nitrogen and oxygen atoms in total. The van der Waals surface area contributed by atoms with E-state index in [1.54, 1.807) is 0 Å². The van der Waals surface area contributed by atoms with Gasteiger partial charge in [-0.05, 0) is 13.8 Å². The van der Waals surface area contributed by atoms with Gasteiger partial charge in [0.2, 0.25) is 0 Å². The van der Waals surface area contributed by atoms with Crippen molar-refractivity contribution in [2.45, 2.75) is 13.8 Å². The Morgan fingerprint density at radius 3 is 1.29 bits per heavy atom. The highest BCUT2D eigenvalue weighted by molar-refractivity contribution is 5.88. The number of aliphatic carboxylic acids is 2. The fraction of sp³-hybridized carbons (Fsp3) is 0.200. The molecule has 0 aromatic rings. The van der Waals surface area contributed by atoms with Crippen LogP contribution in [0.3, 0.4) is 0 Å². The van der Waals surface area contributed by atoms with Gasteiger partial charge in [-0.2, -0.15) is 0 Å². The molecule has 0 saturated heterocycles. The van der Waals surface area contributed by atoms with Crippen LogP contribution in [-0.4, -0.2) is 22.2 Å². The molecule has 0 amide bonds. The highest BCUT2D eigenvalue weighted by atomic mass is 16.4. The molecule has 0 aliphatic rings. The molecular formula is C10H14O4. The Morgan fingerprint density at radius 1 is 0.929 bits per heavy atom. The van der Waals surface area contributed by atoms with Crippen molar-refractivity contribution in [1.82, 2.24) is 0 Å². The zero-order chi connectivity index (χ0) is 11.7. The van der Waals surface area contributed by atoms with Crippen molar-refractivity contribution in [2.75, 3.05) is 0 Å². The normalized spacial score (nSPS) is 11.3. The summed E-state index contributed by atoms with van der Waals surface area (Å²) >= 11 is 0. The SMILES string of the molecule is C/C(=C/C=C(\C)C(=O)O)C(=O)O.C=C. The summed E-state index contributed by atoms with van der Waals surface area (Å²) in [4.78, 5) is 20.5. The second kappa shape index (κ2) is 7.79. The minimum atomic E-state index is -1.05. The minimum absolute atomic E-state index is 0.107. The van der Waals surface area contributed by atoms with E-state index in [-0.39, 0.29) is 11.1 Å². The number of hydrogen-bond donors (Lipinski definition) is 2. The number of carboxylic acid groups (broad SMARTS) is 2. The van der Waals surface area contributed by atoms with E-state index in [4.69, 9.17) is 10.2 Å². The number of carboxylic acids is 2. The number of rotatable bonds is 3. The molecule has 0 bridgehead atoms. The monoisotopic (exact) mass is 198 g/mol. The Hall–Kier alpha value is -1.84. The Morgan fingerprint density at radius 2 is 1.14 bits per heavy atom. The summed E-state index contributed by atoms with van der Waals surface area (Å²) in [5, 5.41) is 16.8. The summed E-state index contributed by atoms with van der Waals surface area (Å²) in [6.07, 6.45) is 2.51. The van der Waals surface area contributed by atoms with Gasteiger partial charge in [-0.15, -0.1) is 13.2 Å². The van der Waals surface area contributed by atoms with Gasteiger partial charge in [-0.25, -0.2) is 9.59 Å². The molecule has 0 unspecified atom stereocenters. The highest BCUT2D eigenvalue weighted by Gasteiger charge is 1.99. The van der Waals surface area contributed by atoms with Crippen molar-refractivity contribution in [3.63, 3.8) is 0 Å². The molecule has 78 valence electrons. The fourth-order valence-electron chi connectivity index (χ4n) is 0.393. The second-order valence-corrected chi connectivity index (χ2v) is 2.31. The first kappa shape index (κ1) is 14.7. The van der Waals surface area contributed by atoms with Gasteiger partial charge in [0, 0.05) is 11.1 Å². The molecule has 14 heavy (non-hydrogen) atoms. The number of carbonyl (C=O) groups is 2. The summed E-state index contributed by atoms with van der Waals surface area (Å²) < 4.78 is 0. The van der Waals surface area contributed by atoms with E-state index >= 15 is 0 Å². The Kier molecular flexibility index (Phi) is 8.16. The molecule has 0 saturated carbocycles. The molecule has 0 fully saturated rings. The second-order valence-electron chi connectivity index (χ2n) is 2.31. The molecule has 0 radical (unpaired) electrons. The molecule has 4 heteroatoms. The van der Waals surface area contributed by atoms with Crippen LogP contribution in [-0.2, 0) is 9.59 Å². The van der Waals surface area contributed by atoms with Crippen LogP contribution in [0.5, 0.6) is 0 Å². The molecule has 0 atom stereocenters. The van der Waals surface area contributed by atoms with Crippen LogP contribution >= 0.6 is 0 Å². The van der Waals surface area contributed by atoms with E-state index in [1.165, 1.54) is 26.0 Å². The summed E-state index contributed by atoms with van der Waals surface area (Å²) in [6.45, 7) is 8.79. The van der Waals surface area contributed by atoms with E-state index in [0.717, 1.165) is 0 Å². The molecule has 0 aromatic heterocycles. The summed E-state index contributed by atoms with van der Waals surface area (Å²) in [5.74, 6) is -2.10. The number of allylic oxidation sites excluding steroid dienone is 2. The van der Waals surface area contributed by atoms with Gasteiger partial charge < -0.3 is 10.2 Å². The predicted molar refractivity (Wildman–Crippen MR) is 54.0 cm³/mol. The third-order valence-electron chi connectivity index (χ3n) is 1.26. The molecule has 0 spiro atoms. The lowest BCUT2D eigenvalue weighted by atomic mass is 10.2. The van der Waals surface area contributed by atoms with Crippen molar-refractivity contribution >= 4 is 11.9 Å². The van der Waals surface area contributed by atoms with Crippen LogP contribution in [0.1, 0.15) is 13.8 Å². The van der Waals surface area contributed by atoms with Crippen molar-refractivity contribution < 1.29 is 19.8 Å². The molecule has 0 aliphatic heterocycles. The van der Waals surface area contributed by atoms with Crippen molar-refractivity contribution in [3.8, 4) is 0 Å². The third-order valence-corrected chi connectivity index (χ3v) is 1.26. The number of hydrogen-bond acceptors (Lipinski definition) is 2. The first-order valence-corrected chi connectivity index (χ1v) is 3.77. The Labute approximate surface area is 82.9 Å². The maximum atomic E-state index is 10.2. The maximum absolute atomic E-state index is 10.2. The van der Waals surface area contributed by atoms with E-state index in [9.17, 15) is 9.59 Å². The molecule has 0 aromatic carbocycles. The zero-order valence-electron chi connectivity index (χ0n) is 8.28. The predicted octanol–water partition coefficient (Wildman–Crippen LogP) is 1.85. The van der Waals surface area contributed by atoms with E-state index < -0.39 is 11.9 Å².